The van der Waals surface area contributed by atoms with E-state index in [0.717, 1.165) is 6.54 Å². The van der Waals surface area contributed by atoms with Crippen LogP contribution in [0.1, 0.15) is 24.4 Å². The molecule has 0 aliphatic carbocycles. The molecule has 2 aromatic rings. The standard InChI is InChI=1S/C13H14N4S/c1-13(2,11-4-3-7-18-11)9-16-12-15-6-5-10(8-14)17-12/h3-7H,9H2,1-2H3,(H,15,16,17). The zero-order valence-corrected chi connectivity index (χ0v) is 11.2. The van der Waals surface area contributed by atoms with Crippen LogP contribution < -0.4 is 5.32 Å². The minimum atomic E-state index is 0.0141. The molecule has 92 valence electrons. The molecule has 18 heavy (non-hydrogen) atoms. The molecule has 0 saturated carbocycles. The van der Waals surface area contributed by atoms with Crippen molar-refractivity contribution in [1.82, 2.24) is 9.97 Å². The van der Waals surface area contributed by atoms with E-state index >= 15 is 0 Å². The lowest BCUT2D eigenvalue weighted by molar-refractivity contribution is 0.567. The maximum absolute atomic E-state index is 8.77. The summed E-state index contributed by atoms with van der Waals surface area (Å²) in [5.74, 6) is 0.499. The van der Waals surface area contributed by atoms with Gasteiger partial charge in [-0.3, -0.25) is 0 Å². The van der Waals surface area contributed by atoms with Crippen molar-refractivity contribution < 1.29 is 0 Å². The Morgan fingerprint density at radius 3 is 2.94 bits per heavy atom. The second-order valence-corrected chi connectivity index (χ2v) is 5.54. The highest BCUT2D eigenvalue weighted by Crippen LogP contribution is 2.27. The summed E-state index contributed by atoms with van der Waals surface area (Å²) in [7, 11) is 0. The Bertz CT molecular complexity index is 555. The third kappa shape index (κ3) is 2.84. The van der Waals surface area contributed by atoms with Crippen molar-refractivity contribution in [3.63, 3.8) is 0 Å². The van der Waals surface area contributed by atoms with Gasteiger partial charge in [-0.2, -0.15) is 5.26 Å². The summed E-state index contributed by atoms with van der Waals surface area (Å²) in [4.78, 5) is 9.51. The summed E-state index contributed by atoms with van der Waals surface area (Å²) in [5.41, 5.74) is 0.390. The SMILES string of the molecule is CC(C)(CNc1nccc(C#N)n1)c1cccs1. The van der Waals surface area contributed by atoms with Crippen LogP contribution in [0.4, 0.5) is 5.95 Å². The number of hydrogen-bond donors (Lipinski definition) is 1. The Balaban J connectivity index is 2.05. The van der Waals surface area contributed by atoms with Gasteiger partial charge in [0.25, 0.3) is 0 Å². The topological polar surface area (TPSA) is 61.6 Å². The van der Waals surface area contributed by atoms with Crippen LogP contribution in [0, 0.1) is 11.3 Å². The lowest BCUT2D eigenvalue weighted by Crippen LogP contribution is -2.27. The summed E-state index contributed by atoms with van der Waals surface area (Å²) >= 11 is 1.74. The molecule has 0 atom stereocenters. The van der Waals surface area contributed by atoms with Crippen LogP contribution in [-0.2, 0) is 5.41 Å². The van der Waals surface area contributed by atoms with Gasteiger partial charge in [0.05, 0.1) is 0 Å². The first-order valence-corrected chi connectivity index (χ1v) is 6.51. The molecule has 2 rings (SSSR count). The molecule has 0 aliphatic rings. The molecule has 2 aromatic heterocycles. The summed E-state index contributed by atoms with van der Waals surface area (Å²) in [6, 6.07) is 7.77. The minimum absolute atomic E-state index is 0.0141. The van der Waals surface area contributed by atoms with Gasteiger partial charge < -0.3 is 5.32 Å². The zero-order chi connectivity index (χ0) is 13.0. The number of nitrogens with one attached hydrogen (secondary N) is 1. The number of hydrogen-bond acceptors (Lipinski definition) is 5. The Hall–Kier alpha value is -1.93. The molecule has 0 unspecified atom stereocenters. The van der Waals surface area contributed by atoms with Gasteiger partial charge >= 0.3 is 0 Å². The lowest BCUT2D eigenvalue weighted by atomic mass is 9.91. The Labute approximate surface area is 110 Å². The fourth-order valence-electron chi connectivity index (χ4n) is 1.56. The van der Waals surface area contributed by atoms with Crippen molar-refractivity contribution in [1.29, 1.82) is 5.26 Å². The molecule has 0 radical (unpaired) electrons. The van der Waals surface area contributed by atoms with E-state index in [0.29, 0.717) is 11.6 Å². The molecule has 0 bridgehead atoms. The third-order valence-electron chi connectivity index (χ3n) is 2.65. The number of rotatable bonds is 4. The number of nitriles is 1. The Kier molecular flexibility index (Phi) is 3.58. The molecule has 1 N–H and O–H groups in total. The Morgan fingerprint density at radius 1 is 1.44 bits per heavy atom. The van der Waals surface area contributed by atoms with E-state index in [1.165, 1.54) is 4.88 Å². The van der Waals surface area contributed by atoms with E-state index in [1.54, 1.807) is 23.6 Å². The van der Waals surface area contributed by atoms with Crippen molar-refractivity contribution in [3.05, 3.63) is 40.3 Å². The predicted molar refractivity (Wildman–Crippen MR) is 72.6 cm³/mol. The summed E-state index contributed by atoms with van der Waals surface area (Å²) in [6.45, 7) is 5.06. The number of anilines is 1. The largest absolute Gasteiger partial charge is 0.353 e. The molecule has 0 aliphatic heterocycles. The Morgan fingerprint density at radius 2 is 2.28 bits per heavy atom. The van der Waals surface area contributed by atoms with Crippen molar-refractivity contribution >= 4 is 17.3 Å². The molecule has 4 nitrogen and oxygen atoms in total. The fourth-order valence-corrected chi connectivity index (χ4v) is 2.41. The summed E-state index contributed by atoms with van der Waals surface area (Å²) in [5, 5.41) is 14.0. The average Bonchev–Trinajstić information content (AvgIpc) is 2.91. The third-order valence-corrected chi connectivity index (χ3v) is 3.88. The quantitative estimate of drug-likeness (QED) is 0.916. The molecule has 5 heteroatoms. The van der Waals surface area contributed by atoms with Crippen LogP contribution in [0.15, 0.2) is 29.8 Å². The van der Waals surface area contributed by atoms with E-state index in [1.807, 2.05) is 6.07 Å². The number of thiophene rings is 1. The first-order valence-electron chi connectivity index (χ1n) is 5.63. The second-order valence-electron chi connectivity index (χ2n) is 4.59. The van der Waals surface area contributed by atoms with Gasteiger partial charge in [0.2, 0.25) is 5.95 Å². The first-order chi connectivity index (χ1) is 8.62. The summed E-state index contributed by atoms with van der Waals surface area (Å²) in [6.07, 6.45) is 1.59. The molecular formula is C13H14N4S. The van der Waals surface area contributed by atoms with Gasteiger partial charge in [-0.15, -0.1) is 11.3 Å². The van der Waals surface area contributed by atoms with Crippen molar-refractivity contribution in [2.24, 2.45) is 0 Å². The molecule has 0 amide bonds. The van der Waals surface area contributed by atoms with E-state index in [2.05, 4.69) is 46.6 Å². The molecule has 2 heterocycles. The van der Waals surface area contributed by atoms with Gasteiger partial charge in [-0.25, -0.2) is 9.97 Å². The lowest BCUT2D eigenvalue weighted by Gasteiger charge is -2.23. The van der Waals surface area contributed by atoms with Gasteiger partial charge in [-0.1, -0.05) is 19.9 Å². The van der Waals surface area contributed by atoms with E-state index < -0.39 is 0 Å². The van der Waals surface area contributed by atoms with Crippen molar-refractivity contribution in [3.8, 4) is 6.07 Å². The van der Waals surface area contributed by atoms with Crippen LogP contribution in [0.5, 0.6) is 0 Å². The smallest absolute Gasteiger partial charge is 0.223 e. The molecule has 0 aromatic carbocycles. The van der Waals surface area contributed by atoms with Gasteiger partial charge in [0, 0.05) is 23.0 Å². The van der Waals surface area contributed by atoms with Gasteiger partial charge in [0.15, 0.2) is 0 Å². The maximum Gasteiger partial charge on any atom is 0.223 e. The zero-order valence-electron chi connectivity index (χ0n) is 10.3. The highest BCUT2D eigenvalue weighted by molar-refractivity contribution is 7.10. The van der Waals surface area contributed by atoms with Crippen LogP contribution in [0.3, 0.4) is 0 Å². The second kappa shape index (κ2) is 5.15. The summed E-state index contributed by atoms with van der Waals surface area (Å²) < 4.78 is 0. The average molecular weight is 258 g/mol. The van der Waals surface area contributed by atoms with Crippen molar-refractivity contribution in [2.45, 2.75) is 19.3 Å². The van der Waals surface area contributed by atoms with Crippen molar-refractivity contribution in [2.75, 3.05) is 11.9 Å². The first kappa shape index (κ1) is 12.5. The monoisotopic (exact) mass is 258 g/mol. The molecule has 0 fully saturated rings. The van der Waals surface area contributed by atoms with Crippen LogP contribution >= 0.6 is 11.3 Å². The molecule has 0 spiro atoms. The molecular weight excluding hydrogens is 244 g/mol. The van der Waals surface area contributed by atoms with E-state index in [-0.39, 0.29) is 5.41 Å². The number of aromatic nitrogens is 2. The highest BCUT2D eigenvalue weighted by atomic mass is 32.1. The van der Waals surface area contributed by atoms with Crippen LogP contribution in [0.2, 0.25) is 0 Å². The number of nitrogens with zero attached hydrogens (tertiary/aromatic N) is 3. The van der Waals surface area contributed by atoms with E-state index in [4.69, 9.17) is 5.26 Å². The van der Waals surface area contributed by atoms with Gasteiger partial charge in [0.1, 0.15) is 11.8 Å². The minimum Gasteiger partial charge on any atom is -0.353 e. The van der Waals surface area contributed by atoms with Crippen LogP contribution in [0.25, 0.3) is 0 Å². The normalized spacial score (nSPS) is 10.9. The fraction of sp³-hybridized carbons (Fsp3) is 0.308. The van der Waals surface area contributed by atoms with E-state index in [9.17, 15) is 0 Å². The van der Waals surface area contributed by atoms with Gasteiger partial charge in [-0.05, 0) is 17.5 Å². The predicted octanol–water partition coefficient (Wildman–Crippen LogP) is 2.80. The molecule has 0 saturated heterocycles. The van der Waals surface area contributed by atoms with Crippen LogP contribution in [-0.4, -0.2) is 16.5 Å². The highest BCUT2D eigenvalue weighted by Gasteiger charge is 2.21. The maximum atomic E-state index is 8.77.